The highest BCUT2D eigenvalue weighted by Crippen LogP contribution is 2.30. The second-order valence-corrected chi connectivity index (χ2v) is 6.39. The van der Waals surface area contributed by atoms with Gasteiger partial charge in [-0.05, 0) is 42.0 Å². The van der Waals surface area contributed by atoms with Crippen molar-refractivity contribution < 1.29 is 27.4 Å². The molecule has 0 saturated heterocycles. The monoisotopic (exact) mass is 416 g/mol. The Morgan fingerprint density at radius 1 is 0.967 bits per heavy atom. The molecule has 0 spiro atoms. The molecule has 0 aliphatic carbocycles. The van der Waals surface area contributed by atoms with Crippen molar-refractivity contribution in [1.82, 2.24) is 4.98 Å². The zero-order valence-corrected chi connectivity index (χ0v) is 15.9. The SMILES string of the molecule is O=C(CNc1cccc(C(F)(F)F)c1)OCc1ccc(OCc2cccnc2)cc1. The van der Waals surface area contributed by atoms with Gasteiger partial charge >= 0.3 is 12.1 Å². The Bertz CT molecular complexity index is 961. The van der Waals surface area contributed by atoms with Gasteiger partial charge in [0.2, 0.25) is 0 Å². The zero-order valence-electron chi connectivity index (χ0n) is 15.9. The smallest absolute Gasteiger partial charge is 0.416 e. The molecule has 3 aromatic rings. The second-order valence-electron chi connectivity index (χ2n) is 6.39. The summed E-state index contributed by atoms with van der Waals surface area (Å²) in [6, 6.07) is 15.4. The first-order valence-corrected chi connectivity index (χ1v) is 9.07. The van der Waals surface area contributed by atoms with Gasteiger partial charge in [-0.2, -0.15) is 13.2 Å². The number of hydrogen-bond donors (Lipinski definition) is 1. The summed E-state index contributed by atoms with van der Waals surface area (Å²) in [6.45, 7) is 0.197. The van der Waals surface area contributed by atoms with Crippen LogP contribution >= 0.6 is 0 Å². The molecular formula is C22H19F3N2O3. The first-order valence-electron chi connectivity index (χ1n) is 9.07. The summed E-state index contributed by atoms with van der Waals surface area (Å²) in [5.74, 6) is 0.0875. The number of alkyl halides is 3. The highest BCUT2D eigenvalue weighted by atomic mass is 19.4. The average Bonchev–Trinajstić information content (AvgIpc) is 2.76. The molecule has 0 amide bonds. The van der Waals surface area contributed by atoms with E-state index in [1.165, 1.54) is 12.1 Å². The van der Waals surface area contributed by atoms with E-state index in [0.29, 0.717) is 12.4 Å². The van der Waals surface area contributed by atoms with Gasteiger partial charge in [-0.1, -0.05) is 24.3 Å². The van der Waals surface area contributed by atoms with Crippen LogP contribution in [0.1, 0.15) is 16.7 Å². The number of hydrogen-bond acceptors (Lipinski definition) is 5. The lowest BCUT2D eigenvalue weighted by Crippen LogP contribution is -2.17. The highest BCUT2D eigenvalue weighted by Gasteiger charge is 2.30. The lowest BCUT2D eigenvalue weighted by atomic mass is 10.2. The van der Waals surface area contributed by atoms with Crippen LogP contribution in [-0.4, -0.2) is 17.5 Å². The number of pyridine rings is 1. The van der Waals surface area contributed by atoms with Crippen molar-refractivity contribution in [3.63, 3.8) is 0 Å². The zero-order chi connectivity index (χ0) is 21.4. The van der Waals surface area contributed by atoms with E-state index in [2.05, 4.69) is 10.3 Å². The molecule has 0 bridgehead atoms. The number of rotatable bonds is 8. The predicted octanol–water partition coefficient (Wildman–Crippen LogP) is 4.83. The molecule has 2 aromatic carbocycles. The van der Waals surface area contributed by atoms with Crippen molar-refractivity contribution in [3.8, 4) is 5.75 Å². The van der Waals surface area contributed by atoms with Crippen LogP contribution in [0.5, 0.6) is 5.75 Å². The Morgan fingerprint density at radius 3 is 2.47 bits per heavy atom. The fourth-order valence-corrected chi connectivity index (χ4v) is 2.53. The largest absolute Gasteiger partial charge is 0.489 e. The Morgan fingerprint density at radius 2 is 1.77 bits per heavy atom. The standard InChI is InChI=1S/C22H19F3N2O3/c23-22(24,25)18-4-1-5-19(11-18)27-13-21(28)30-14-16-6-8-20(9-7-16)29-15-17-3-2-10-26-12-17/h1-12,27H,13-15H2. The number of nitrogens with zero attached hydrogens (tertiary/aromatic N) is 1. The lowest BCUT2D eigenvalue weighted by Gasteiger charge is -2.11. The average molecular weight is 416 g/mol. The van der Waals surface area contributed by atoms with Gasteiger partial charge in [0.1, 0.15) is 25.5 Å². The number of ether oxygens (including phenoxy) is 2. The van der Waals surface area contributed by atoms with E-state index in [1.54, 1.807) is 36.7 Å². The third kappa shape index (κ3) is 6.51. The van der Waals surface area contributed by atoms with Crippen molar-refractivity contribution in [2.24, 2.45) is 0 Å². The van der Waals surface area contributed by atoms with Crippen LogP contribution in [0.25, 0.3) is 0 Å². The van der Waals surface area contributed by atoms with Gasteiger partial charge in [-0.15, -0.1) is 0 Å². The summed E-state index contributed by atoms with van der Waals surface area (Å²) >= 11 is 0. The summed E-state index contributed by atoms with van der Waals surface area (Å²) in [7, 11) is 0. The fourth-order valence-electron chi connectivity index (χ4n) is 2.53. The van der Waals surface area contributed by atoms with Crippen LogP contribution in [0.3, 0.4) is 0 Å². The molecule has 0 aliphatic rings. The summed E-state index contributed by atoms with van der Waals surface area (Å²) in [5.41, 5.74) is 1.11. The van der Waals surface area contributed by atoms with Crippen LogP contribution in [0.2, 0.25) is 0 Å². The quantitative estimate of drug-likeness (QED) is 0.533. The topological polar surface area (TPSA) is 60.5 Å². The van der Waals surface area contributed by atoms with Gasteiger partial charge in [0, 0.05) is 23.6 Å². The van der Waals surface area contributed by atoms with Gasteiger partial charge in [0.15, 0.2) is 0 Å². The number of halogens is 3. The summed E-state index contributed by atoms with van der Waals surface area (Å²) in [4.78, 5) is 15.9. The van der Waals surface area contributed by atoms with Gasteiger partial charge < -0.3 is 14.8 Å². The molecule has 156 valence electrons. The summed E-state index contributed by atoms with van der Waals surface area (Å²) in [5, 5.41) is 2.63. The number of carbonyl (C=O) groups is 1. The summed E-state index contributed by atoms with van der Waals surface area (Å²) in [6.07, 6.45) is -1.03. The molecule has 1 aromatic heterocycles. The van der Waals surface area contributed by atoms with Crippen LogP contribution in [0, 0.1) is 0 Å². The molecule has 5 nitrogen and oxygen atoms in total. The van der Waals surface area contributed by atoms with E-state index in [1.807, 2.05) is 12.1 Å². The second kappa shape index (κ2) is 9.78. The Balaban J connectivity index is 1.42. The van der Waals surface area contributed by atoms with Crippen LogP contribution < -0.4 is 10.1 Å². The normalized spacial score (nSPS) is 11.0. The van der Waals surface area contributed by atoms with Gasteiger partial charge in [-0.25, -0.2) is 0 Å². The molecule has 0 aliphatic heterocycles. The first kappa shape index (κ1) is 21.2. The number of nitrogens with one attached hydrogen (secondary N) is 1. The number of aromatic nitrogens is 1. The minimum Gasteiger partial charge on any atom is -0.489 e. The van der Waals surface area contributed by atoms with Crippen LogP contribution in [-0.2, 0) is 28.9 Å². The fraction of sp³-hybridized carbons (Fsp3) is 0.182. The van der Waals surface area contributed by atoms with Gasteiger partial charge in [0.05, 0.1) is 5.56 Å². The molecule has 0 fully saturated rings. The van der Waals surface area contributed by atoms with E-state index in [-0.39, 0.29) is 18.8 Å². The van der Waals surface area contributed by atoms with E-state index in [4.69, 9.17) is 9.47 Å². The third-order valence-electron chi connectivity index (χ3n) is 4.08. The van der Waals surface area contributed by atoms with Gasteiger partial charge in [-0.3, -0.25) is 9.78 Å². The number of anilines is 1. The number of carbonyl (C=O) groups excluding carboxylic acids is 1. The third-order valence-corrected chi connectivity index (χ3v) is 4.08. The molecular weight excluding hydrogens is 397 g/mol. The van der Waals surface area contributed by atoms with Crippen molar-refractivity contribution >= 4 is 11.7 Å². The Hall–Kier alpha value is -3.55. The summed E-state index contributed by atoms with van der Waals surface area (Å²) < 4.78 is 48.9. The van der Waals surface area contributed by atoms with E-state index in [9.17, 15) is 18.0 Å². The molecule has 8 heteroatoms. The van der Waals surface area contributed by atoms with Crippen LogP contribution in [0.15, 0.2) is 73.1 Å². The minimum absolute atomic E-state index is 0.0476. The van der Waals surface area contributed by atoms with E-state index in [0.717, 1.165) is 23.3 Å². The van der Waals surface area contributed by atoms with Crippen molar-refractivity contribution in [1.29, 1.82) is 0 Å². The lowest BCUT2D eigenvalue weighted by molar-refractivity contribution is -0.142. The van der Waals surface area contributed by atoms with Gasteiger partial charge in [0.25, 0.3) is 0 Å². The molecule has 1 N–H and O–H groups in total. The Labute approximate surface area is 171 Å². The predicted molar refractivity (Wildman–Crippen MR) is 105 cm³/mol. The van der Waals surface area contributed by atoms with Crippen molar-refractivity contribution in [3.05, 3.63) is 89.7 Å². The molecule has 30 heavy (non-hydrogen) atoms. The van der Waals surface area contributed by atoms with Crippen LogP contribution in [0.4, 0.5) is 18.9 Å². The molecule has 0 radical (unpaired) electrons. The Kier molecular flexibility index (Phi) is 6.90. The molecule has 1 heterocycles. The molecule has 0 unspecified atom stereocenters. The highest BCUT2D eigenvalue weighted by molar-refractivity contribution is 5.75. The molecule has 0 saturated carbocycles. The maximum Gasteiger partial charge on any atom is 0.416 e. The van der Waals surface area contributed by atoms with Crippen molar-refractivity contribution in [2.75, 3.05) is 11.9 Å². The maximum atomic E-state index is 12.7. The molecule has 3 rings (SSSR count). The van der Waals surface area contributed by atoms with E-state index < -0.39 is 17.7 Å². The molecule has 0 atom stereocenters. The van der Waals surface area contributed by atoms with E-state index >= 15 is 0 Å². The minimum atomic E-state index is -4.44. The number of esters is 1. The maximum absolute atomic E-state index is 12.7. The van der Waals surface area contributed by atoms with Crippen molar-refractivity contribution in [2.45, 2.75) is 19.4 Å². The first-order chi connectivity index (χ1) is 14.4. The number of benzene rings is 2.